The van der Waals surface area contributed by atoms with Crippen molar-refractivity contribution in [3.05, 3.63) is 34.9 Å². The molecule has 0 radical (unpaired) electrons. The fraction of sp³-hybridized carbons (Fsp3) is 0.538. The van der Waals surface area contributed by atoms with Crippen molar-refractivity contribution in [1.29, 1.82) is 0 Å². The van der Waals surface area contributed by atoms with Crippen LogP contribution in [-0.4, -0.2) is 0 Å². The SMILES string of the molecule is CCC1CC1(N)c1cc(C)cc(C)c1. The molecule has 1 aromatic rings. The highest BCUT2D eigenvalue weighted by Crippen LogP contribution is 2.51. The van der Waals surface area contributed by atoms with Crippen molar-refractivity contribution in [2.45, 2.75) is 39.2 Å². The van der Waals surface area contributed by atoms with E-state index in [0.29, 0.717) is 5.92 Å². The Labute approximate surface area is 86.3 Å². The van der Waals surface area contributed by atoms with Crippen LogP contribution in [-0.2, 0) is 5.54 Å². The third kappa shape index (κ3) is 1.46. The standard InChI is InChI=1S/C13H19N/c1-4-11-8-13(11,14)12-6-9(2)5-10(3)7-12/h5-7,11H,4,8,14H2,1-3H3. The molecule has 1 aliphatic carbocycles. The summed E-state index contributed by atoms with van der Waals surface area (Å²) in [7, 11) is 0. The van der Waals surface area contributed by atoms with E-state index in [1.807, 2.05) is 0 Å². The van der Waals surface area contributed by atoms with Crippen LogP contribution in [0.15, 0.2) is 18.2 Å². The van der Waals surface area contributed by atoms with Gasteiger partial charge in [-0.15, -0.1) is 0 Å². The van der Waals surface area contributed by atoms with Gasteiger partial charge in [0.15, 0.2) is 0 Å². The molecule has 0 aliphatic heterocycles. The Kier molecular flexibility index (Phi) is 2.15. The van der Waals surface area contributed by atoms with Crippen molar-refractivity contribution in [1.82, 2.24) is 0 Å². The molecule has 0 amide bonds. The summed E-state index contributed by atoms with van der Waals surface area (Å²) in [6, 6.07) is 6.68. The molecule has 0 saturated heterocycles. The van der Waals surface area contributed by atoms with Crippen molar-refractivity contribution < 1.29 is 0 Å². The van der Waals surface area contributed by atoms with E-state index in [2.05, 4.69) is 39.0 Å². The third-order valence-electron chi connectivity index (χ3n) is 3.40. The van der Waals surface area contributed by atoms with Crippen LogP contribution in [0.25, 0.3) is 0 Å². The molecule has 76 valence electrons. The van der Waals surface area contributed by atoms with Crippen LogP contribution in [0.3, 0.4) is 0 Å². The summed E-state index contributed by atoms with van der Waals surface area (Å²) in [6.07, 6.45) is 2.36. The fourth-order valence-corrected chi connectivity index (χ4v) is 2.45. The topological polar surface area (TPSA) is 26.0 Å². The van der Waals surface area contributed by atoms with E-state index in [1.165, 1.54) is 23.1 Å². The summed E-state index contributed by atoms with van der Waals surface area (Å²) in [6.45, 7) is 6.51. The third-order valence-corrected chi connectivity index (χ3v) is 3.40. The lowest BCUT2D eigenvalue weighted by Crippen LogP contribution is -2.22. The molecule has 1 heteroatoms. The van der Waals surface area contributed by atoms with Gasteiger partial charge in [-0.3, -0.25) is 0 Å². The summed E-state index contributed by atoms with van der Waals surface area (Å²) < 4.78 is 0. The molecular formula is C13H19N. The molecule has 2 unspecified atom stereocenters. The molecule has 0 spiro atoms. The molecule has 2 atom stereocenters. The minimum atomic E-state index is -0.00840. The minimum absolute atomic E-state index is 0.00840. The largest absolute Gasteiger partial charge is 0.321 e. The van der Waals surface area contributed by atoms with Crippen molar-refractivity contribution in [2.24, 2.45) is 11.7 Å². The molecule has 1 saturated carbocycles. The number of benzene rings is 1. The number of rotatable bonds is 2. The molecule has 0 heterocycles. The van der Waals surface area contributed by atoms with Gasteiger partial charge in [-0.05, 0) is 31.7 Å². The zero-order valence-electron chi connectivity index (χ0n) is 9.30. The van der Waals surface area contributed by atoms with Gasteiger partial charge in [0.1, 0.15) is 0 Å². The molecule has 0 bridgehead atoms. The molecule has 1 aromatic carbocycles. The lowest BCUT2D eigenvalue weighted by atomic mass is 9.98. The Bertz CT molecular complexity index is 336. The monoisotopic (exact) mass is 189 g/mol. The van der Waals surface area contributed by atoms with Crippen LogP contribution in [0.1, 0.15) is 36.5 Å². The van der Waals surface area contributed by atoms with Gasteiger partial charge < -0.3 is 5.73 Å². The summed E-state index contributed by atoms with van der Waals surface area (Å²) in [5, 5.41) is 0. The maximum atomic E-state index is 6.36. The zero-order valence-corrected chi connectivity index (χ0v) is 9.30. The van der Waals surface area contributed by atoms with Gasteiger partial charge in [-0.25, -0.2) is 0 Å². The second-order valence-electron chi connectivity index (χ2n) is 4.73. The summed E-state index contributed by atoms with van der Waals surface area (Å²) >= 11 is 0. The highest BCUT2D eigenvalue weighted by Gasteiger charge is 2.50. The van der Waals surface area contributed by atoms with E-state index in [9.17, 15) is 0 Å². The molecular weight excluding hydrogens is 170 g/mol. The van der Waals surface area contributed by atoms with Gasteiger partial charge in [-0.2, -0.15) is 0 Å². The van der Waals surface area contributed by atoms with Gasteiger partial charge in [0.05, 0.1) is 0 Å². The van der Waals surface area contributed by atoms with Crippen LogP contribution in [0, 0.1) is 19.8 Å². The smallest absolute Gasteiger partial charge is 0.0442 e. The highest BCUT2D eigenvalue weighted by molar-refractivity contribution is 5.37. The van der Waals surface area contributed by atoms with E-state index in [-0.39, 0.29) is 5.54 Å². The Morgan fingerprint density at radius 2 is 1.86 bits per heavy atom. The van der Waals surface area contributed by atoms with Crippen LogP contribution >= 0.6 is 0 Å². The predicted molar refractivity (Wildman–Crippen MR) is 60.2 cm³/mol. The maximum absolute atomic E-state index is 6.36. The molecule has 1 nitrogen and oxygen atoms in total. The fourth-order valence-electron chi connectivity index (χ4n) is 2.45. The van der Waals surface area contributed by atoms with Crippen molar-refractivity contribution in [2.75, 3.05) is 0 Å². The summed E-state index contributed by atoms with van der Waals surface area (Å²) in [5.41, 5.74) is 10.3. The van der Waals surface area contributed by atoms with E-state index in [4.69, 9.17) is 5.73 Å². The molecule has 1 aliphatic rings. The Balaban J connectivity index is 2.34. The first kappa shape index (κ1) is 9.72. The van der Waals surface area contributed by atoms with E-state index >= 15 is 0 Å². The van der Waals surface area contributed by atoms with Crippen molar-refractivity contribution in [3.63, 3.8) is 0 Å². The molecule has 2 N–H and O–H groups in total. The zero-order chi connectivity index (χ0) is 10.3. The minimum Gasteiger partial charge on any atom is -0.321 e. The lowest BCUT2D eigenvalue weighted by molar-refractivity contribution is 0.614. The Hall–Kier alpha value is -0.820. The predicted octanol–water partition coefficient (Wildman–Crippen LogP) is 2.89. The number of hydrogen-bond acceptors (Lipinski definition) is 1. The van der Waals surface area contributed by atoms with E-state index < -0.39 is 0 Å². The normalized spacial score (nSPS) is 30.4. The second-order valence-corrected chi connectivity index (χ2v) is 4.73. The van der Waals surface area contributed by atoms with Crippen LogP contribution in [0.2, 0.25) is 0 Å². The van der Waals surface area contributed by atoms with E-state index in [1.54, 1.807) is 0 Å². The maximum Gasteiger partial charge on any atom is 0.0442 e. The summed E-state index contributed by atoms with van der Waals surface area (Å²) in [5.74, 6) is 0.698. The number of nitrogens with two attached hydrogens (primary N) is 1. The van der Waals surface area contributed by atoms with Crippen LogP contribution in [0.5, 0.6) is 0 Å². The van der Waals surface area contributed by atoms with Crippen LogP contribution in [0.4, 0.5) is 0 Å². The first-order chi connectivity index (χ1) is 6.56. The Morgan fingerprint density at radius 3 is 2.29 bits per heavy atom. The number of hydrogen-bond donors (Lipinski definition) is 1. The quantitative estimate of drug-likeness (QED) is 0.760. The van der Waals surface area contributed by atoms with Gasteiger partial charge in [0, 0.05) is 5.54 Å². The van der Waals surface area contributed by atoms with Crippen molar-refractivity contribution >= 4 is 0 Å². The number of aryl methyl sites for hydroxylation is 2. The van der Waals surface area contributed by atoms with Gasteiger partial charge in [-0.1, -0.05) is 42.7 Å². The first-order valence-electron chi connectivity index (χ1n) is 5.44. The van der Waals surface area contributed by atoms with Crippen LogP contribution < -0.4 is 5.73 Å². The van der Waals surface area contributed by atoms with Gasteiger partial charge >= 0.3 is 0 Å². The van der Waals surface area contributed by atoms with E-state index in [0.717, 1.165) is 6.42 Å². The lowest BCUT2D eigenvalue weighted by Gasteiger charge is -2.13. The first-order valence-corrected chi connectivity index (χ1v) is 5.44. The molecule has 1 fully saturated rings. The molecule has 2 rings (SSSR count). The highest BCUT2D eigenvalue weighted by atomic mass is 14.9. The summed E-state index contributed by atoms with van der Waals surface area (Å²) in [4.78, 5) is 0. The van der Waals surface area contributed by atoms with Gasteiger partial charge in [0.25, 0.3) is 0 Å². The average Bonchev–Trinajstić information content (AvgIpc) is 2.77. The second kappa shape index (κ2) is 3.09. The molecule has 14 heavy (non-hydrogen) atoms. The van der Waals surface area contributed by atoms with Gasteiger partial charge in [0.2, 0.25) is 0 Å². The average molecular weight is 189 g/mol. The molecule has 0 aromatic heterocycles. The Morgan fingerprint density at radius 1 is 1.29 bits per heavy atom. The van der Waals surface area contributed by atoms with Crippen molar-refractivity contribution in [3.8, 4) is 0 Å².